The molecule has 5 nitrogen and oxygen atoms in total. The first-order valence-electron chi connectivity index (χ1n) is 7.90. The number of halogens is 1. The first kappa shape index (κ1) is 18.2. The van der Waals surface area contributed by atoms with E-state index >= 15 is 0 Å². The Morgan fingerprint density at radius 1 is 1.12 bits per heavy atom. The van der Waals surface area contributed by atoms with Gasteiger partial charge in [0.15, 0.2) is 0 Å². The molecule has 1 aromatic carbocycles. The third-order valence-corrected chi connectivity index (χ3v) is 4.89. The average Bonchev–Trinajstić information content (AvgIpc) is 3.24. The largest absolute Gasteiger partial charge is 0.459 e. The van der Waals surface area contributed by atoms with Crippen molar-refractivity contribution in [2.75, 3.05) is 12.4 Å². The van der Waals surface area contributed by atoms with Gasteiger partial charge in [0, 0.05) is 24.6 Å². The van der Waals surface area contributed by atoms with E-state index in [1.807, 2.05) is 24.3 Å². The number of carbonyl (C=O) groups is 2. The molecular formula is C19H17ClN2O3S. The summed E-state index contributed by atoms with van der Waals surface area (Å²) >= 11 is 7.14. The van der Waals surface area contributed by atoms with Crippen molar-refractivity contribution >= 4 is 39.8 Å². The number of amides is 2. The number of nitrogens with zero attached hydrogens (tertiary/aromatic N) is 1. The lowest BCUT2D eigenvalue weighted by atomic mass is 10.2. The van der Waals surface area contributed by atoms with Gasteiger partial charge in [-0.25, -0.2) is 0 Å². The second-order valence-corrected chi connectivity index (χ2v) is 7.30. The first-order valence-corrected chi connectivity index (χ1v) is 9.09. The Labute approximate surface area is 160 Å². The minimum Gasteiger partial charge on any atom is -0.459 e. The molecule has 0 aliphatic rings. The molecule has 134 valence electrons. The van der Waals surface area contributed by atoms with Gasteiger partial charge in [0.1, 0.15) is 11.5 Å². The molecule has 0 unspecified atom stereocenters. The molecule has 3 aromatic rings. The Morgan fingerprint density at radius 3 is 2.54 bits per heavy atom. The highest BCUT2D eigenvalue weighted by Gasteiger charge is 2.16. The van der Waals surface area contributed by atoms with E-state index in [1.54, 1.807) is 36.2 Å². The second-order valence-electron chi connectivity index (χ2n) is 5.78. The van der Waals surface area contributed by atoms with Crippen LogP contribution < -0.4 is 5.32 Å². The van der Waals surface area contributed by atoms with Gasteiger partial charge in [-0.2, -0.15) is 0 Å². The number of thiophene rings is 1. The lowest BCUT2D eigenvalue weighted by molar-refractivity contribution is -0.114. The van der Waals surface area contributed by atoms with Crippen LogP contribution in [0.3, 0.4) is 0 Å². The lowest BCUT2D eigenvalue weighted by Crippen LogP contribution is -2.25. The molecule has 2 amide bonds. The zero-order valence-electron chi connectivity index (χ0n) is 14.3. The van der Waals surface area contributed by atoms with Gasteiger partial charge in [0.05, 0.1) is 16.4 Å². The Kier molecular flexibility index (Phi) is 5.44. The molecule has 0 bridgehead atoms. The number of benzene rings is 1. The van der Waals surface area contributed by atoms with Crippen LogP contribution in [0.2, 0.25) is 5.02 Å². The summed E-state index contributed by atoms with van der Waals surface area (Å²) in [5.41, 5.74) is 0.924. The molecular weight excluding hydrogens is 372 g/mol. The summed E-state index contributed by atoms with van der Waals surface area (Å²) in [6.07, 6.45) is 0. The number of hydrogen-bond acceptors (Lipinski definition) is 4. The van der Waals surface area contributed by atoms with Crippen molar-refractivity contribution in [1.29, 1.82) is 0 Å². The Balaban J connectivity index is 1.67. The minimum absolute atomic E-state index is 0.129. The quantitative estimate of drug-likeness (QED) is 0.676. The number of nitrogens with one attached hydrogen (secondary N) is 1. The summed E-state index contributed by atoms with van der Waals surface area (Å²) in [5, 5.41) is 3.99. The number of anilines is 1. The third kappa shape index (κ3) is 4.33. The fraction of sp³-hybridized carbons (Fsp3) is 0.158. The van der Waals surface area contributed by atoms with Crippen molar-refractivity contribution in [1.82, 2.24) is 4.90 Å². The van der Waals surface area contributed by atoms with Gasteiger partial charge >= 0.3 is 0 Å². The van der Waals surface area contributed by atoms with E-state index in [0.717, 1.165) is 11.3 Å². The van der Waals surface area contributed by atoms with Gasteiger partial charge in [0.2, 0.25) is 5.91 Å². The highest BCUT2D eigenvalue weighted by Crippen LogP contribution is 2.26. The van der Waals surface area contributed by atoms with Gasteiger partial charge in [-0.15, -0.1) is 11.3 Å². The second kappa shape index (κ2) is 7.76. The Bertz CT molecular complexity index is 930. The maximum Gasteiger partial charge on any atom is 0.264 e. The SMILES string of the molecule is CC(=O)Nc1ccc(C(=O)N(C)Cc2ccc(-c3ccc(Cl)cc3)o2)s1. The molecule has 2 heterocycles. The average molecular weight is 389 g/mol. The van der Waals surface area contributed by atoms with Crippen LogP contribution in [0.15, 0.2) is 52.9 Å². The van der Waals surface area contributed by atoms with Crippen molar-refractivity contribution < 1.29 is 14.0 Å². The molecule has 0 aliphatic heterocycles. The number of rotatable bonds is 5. The van der Waals surface area contributed by atoms with Crippen molar-refractivity contribution in [3.8, 4) is 11.3 Å². The zero-order chi connectivity index (χ0) is 18.7. The molecule has 0 atom stereocenters. The zero-order valence-corrected chi connectivity index (χ0v) is 15.9. The monoisotopic (exact) mass is 388 g/mol. The van der Waals surface area contributed by atoms with Crippen LogP contribution >= 0.6 is 22.9 Å². The molecule has 0 saturated carbocycles. The maximum atomic E-state index is 12.5. The molecule has 3 rings (SSSR count). The summed E-state index contributed by atoms with van der Waals surface area (Å²) in [6.45, 7) is 1.78. The first-order chi connectivity index (χ1) is 12.4. The fourth-order valence-corrected chi connectivity index (χ4v) is 3.49. The molecule has 1 N–H and O–H groups in total. The summed E-state index contributed by atoms with van der Waals surface area (Å²) in [4.78, 5) is 25.7. The molecule has 2 aromatic heterocycles. The highest BCUT2D eigenvalue weighted by atomic mass is 35.5. The Hall–Kier alpha value is -2.57. The molecule has 0 fully saturated rings. The van der Waals surface area contributed by atoms with Gasteiger partial charge in [-0.05, 0) is 48.5 Å². The van der Waals surface area contributed by atoms with Crippen LogP contribution in [0.1, 0.15) is 22.4 Å². The summed E-state index contributed by atoms with van der Waals surface area (Å²) in [7, 11) is 1.71. The van der Waals surface area contributed by atoms with Gasteiger partial charge < -0.3 is 14.6 Å². The van der Waals surface area contributed by atoms with Gasteiger partial charge in [0.25, 0.3) is 5.91 Å². The van der Waals surface area contributed by atoms with Crippen LogP contribution in [0.4, 0.5) is 5.00 Å². The number of furan rings is 1. The van der Waals surface area contributed by atoms with E-state index in [1.165, 1.54) is 18.3 Å². The maximum absolute atomic E-state index is 12.5. The highest BCUT2D eigenvalue weighted by molar-refractivity contribution is 7.18. The van der Waals surface area contributed by atoms with Crippen LogP contribution in [-0.4, -0.2) is 23.8 Å². The molecule has 0 saturated heterocycles. The summed E-state index contributed by atoms with van der Waals surface area (Å²) in [5.74, 6) is 1.12. The van der Waals surface area contributed by atoms with Crippen molar-refractivity contribution in [2.45, 2.75) is 13.5 Å². The van der Waals surface area contributed by atoms with Crippen LogP contribution in [-0.2, 0) is 11.3 Å². The number of carbonyl (C=O) groups excluding carboxylic acids is 2. The van der Waals surface area contributed by atoms with E-state index in [2.05, 4.69) is 5.32 Å². The summed E-state index contributed by atoms with van der Waals surface area (Å²) < 4.78 is 5.83. The lowest BCUT2D eigenvalue weighted by Gasteiger charge is -2.14. The Morgan fingerprint density at radius 2 is 1.85 bits per heavy atom. The molecule has 0 aliphatic carbocycles. The van der Waals surface area contributed by atoms with Crippen molar-refractivity contribution in [3.05, 3.63) is 64.2 Å². The van der Waals surface area contributed by atoms with E-state index in [-0.39, 0.29) is 11.8 Å². The van der Waals surface area contributed by atoms with Crippen LogP contribution in [0.5, 0.6) is 0 Å². The van der Waals surface area contributed by atoms with Crippen molar-refractivity contribution in [3.63, 3.8) is 0 Å². The predicted molar refractivity (Wildman–Crippen MR) is 104 cm³/mol. The van der Waals surface area contributed by atoms with Gasteiger partial charge in [-0.1, -0.05) is 11.6 Å². The molecule has 0 spiro atoms. The minimum atomic E-state index is -0.162. The third-order valence-electron chi connectivity index (χ3n) is 3.65. The van der Waals surface area contributed by atoms with E-state index in [9.17, 15) is 9.59 Å². The van der Waals surface area contributed by atoms with Crippen LogP contribution in [0.25, 0.3) is 11.3 Å². The predicted octanol–water partition coefficient (Wildman–Crippen LogP) is 4.89. The molecule has 7 heteroatoms. The van der Waals surface area contributed by atoms with E-state index < -0.39 is 0 Å². The summed E-state index contributed by atoms with van der Waals surface area (Å²) in [6, 6.07) is 14.5. The topological polar surface area (TPSA) is 62.6 Å². The smallest absolute Gasteiger partial charge is 0.264 e. The molecule has 26 heavy (non-hydrogen) atoms. The van der Waals surface area contributed by atoms with Crippen LogP contribution in [0, 0.1) is 0 Å². The number of hydrogen-bond donors (Lipinski definition) is 1. The van der Waals surface area contributed by atoms with E-state index in [4.69, 9.17) is 16.0 Å². The van der Waals surface area contributed by atoms with Gasteiger partial charge in [-0.3, -0.25) is 9.59 Å². The van der Waals surface area contributed by atoms with E-state index in [0.29, 0.717) is 27.2 Å². The fourth-order valence-electron chi connectivity index (χ4n) is 2.42. The molecule has 0 radical (unpaired) electrons. The standard InChI is InChI=1S/C19H17ClN2O3S/c1-12(23)21-18-10-9-17(26-18)19(24)22(2)11-15-7-8-16(25-15)13-3-5-14(20)6-4-13/h3-10H,11H2,1-2H3,(H,21,23). The van der Waals surface area contributed by atoms with Crippen molar-refractivity contribution in [2.24, 2.45) is 0 Å². The normalized spacial score (nSPS) is 10.6.